The van der Waals surface area contributed by atoms with Gasteiger partial charge in [-0.25, -0.2) is 13.5 Å². The van der Waals surface area contributed by atoms with Crippen molar-refractivity contribution in [3.05, 3.63) is 70.8 Å². The van der Waals surface area contributed by atoms with Crippen LogP contribution < -0.4 is 9.47 Å². The van der Waals surface area contributed by atoms with E-state index in [0.717, 1.165) is 54.9 Å². The van der Waals surface area contributed by atoms with E-state index in [-0.39, 0.29) is 43.0 Å². The molecule has 0 spiro atoms. The fourth-order valence-corrected chi connectivity index (χ4v) is 16.8. The predicted octanol–water partition coefficient (Wildman–Crippen LogP) is 12.2. The lowest BCUT2D eigenvalue weighted by Crippen LogP contribution is -2.47. The van der Waals surface area contributed by atoms with Crippen molar-refractivity contribution >= 4 is 49.8 Å². The van der Waals surface area contributed by atoms with E-state index in [9.17, 15) is 4.39 Å². The van der Waals surface area contributed by atoms with Crippen LogP contribution in [0.15, 0.2) is 48.8 Å². The summed E-state index contributed by atoms with van der Waals surface area (Å²) in [6.07, 6.45) is 6.73. The molecule has 0 bridgehead atoms. The van der Waals surface area contributed by atoms with E-state index in [1.807, 2.05) is 36.4 Å². The molecule has 5 heterocycles. The van der Waals surface area contributed by atoms with E-state index in [1.54, 1.807) is 17.1 Å². The van der Waals surface area contributed by atoms with E-state index in [1.165, 1.54) is 0 Å². The Labute approximate surface area is 379 Å². The number of rotatable bonds is 21. The zero-order valence-electron chi connectivity index (χ0n) is 38.8. The largest absolute Gasteiger partial charge is 0.472 e. The number of pyridine rings is 1. The zero-order chi connectivity index (χ0) is 45.1. The van der Waals surface area contributed by atoms with Crippen molar-refractivity contribution < 1.29 is 27.4 Å². The zero-order valence-corrected chi connectivity index (χ0v) is 41.5. The molecule has 2 aromatic carbocycles. The molecule has 342 valence electrons. The first-order chi connectivity index (χ1) is 30.0. The van der Waals surface area contributed by atoms with Crippen LogP contribution in [0.25, 0.3) is 33.1 Å². The molecule has 0 aliphatic carbocycles. The predicted molar refractivity (Wildman–Crippen MR) is 254 cm³/mol. The third-order valence-electron chi connectivity index (χ3n) is 13.4. The Morgan fingerprint density at radius 3 is 2.40 bits per heavy atom. The van der Waals surface area contributed by atoms with Crippen LogP contribution in [-0.4, -0.2) is 90.6 Å². The minimum Gasteiger partial charge on any atom is -0.472 e. The number of hydrogen-bond acceptors (Lipinski definition) is 9. The van der Waals surface area contributed by atoms with E-state index >= 15 is 4.39 Å². The topological polar surface area (TPSA) is 96.7 Å². The highest BCUT2D eigenvalue weighted by atomic mass is 35.5. The summed E-state index contributed by atoms with van der Waals surface area (Å²) in [4.78, 5) is 16.3. The molecule has 5 aromatic rings. The van der Waals surface area contributed by atoms with E-state index < -0.39 is 33.9 Å². The highest BCUT2D eigenvalue weighted by Crippen LogP contribution is 2.44. The first kappa shape index (κ1) is 47.4. The standard InChI is InChI=1S/C48H67ClF2N6O4Si2/c1-32(2)63(33(3)4,34(5)6)61-21-14-13-18-37-40(49)24-41-38(27-53-57(41)31-58-22-23-62(7,8)9)42(37)45-43(51)44-39(26-52-45)46(59-29-35-16-11-10-12-17-35)55-47(54-44)60-30-48-19-15-20-56(48)28-36(50)25-48/h10-12,16-17,24,26-27,32-34,36H,13-15,18-23,25,28-31H2,1-9H3/t36-,48+/m1/s1. The van der Waals surface area contributed by atoms with Gasteiger partial charge in [-0.3, -0.25) is 9.88 Å². The van der Waals surface area contributed by atoms with Gasteiger partial charge in [0.1, 0.15) is 37.3 Å². The monoisotopic (exact) mass is 920 g/mol. The van der Waals surface area contributed by atoms with Gasteiger partial charge in [-0.05, 0) is 78.5 Å². The minimum atomic E-state index is -2.04. The van der Waals surface area contributed by atoms with Crippen molar-refractivity contribution in [1.82, 2.24) is 29.6 Å². The normalized spacial score (nSPS) is 18.5. The van der Waals surface area contributed by atoms with Crippen molar-refractivity contribution in [1.29, 1.82) is 0 Å². The maximum absolute atomic E-state index is 17.7. The molecule has 0 saturated carbocycles. The summed E-state index contributed by atoms with van der Waals surface area (Å²) in [5.74, 6) is -0.500. The maximum atomic E-state index is 17.7. The van der Waals surface area contributed by atoms with E-state index in [4.69, 9.17) is 45.3 Å². The maximum Gasteiger partial charge on any atom is 0.320 e. The van der Waals surface area contributed by atoms with E-state index in [2.05, 4.69) is 71.1 Å². The number of unbranched alkanes of at least 4 members (excludes halogenated alkanes) is 1. The van der Waals surface area contributed by atoms with Gasteiger partial charge >= 0.3 is 6.01 Å². The molecule has 0 N–H and O–H groups in total. The lowest BCUT2D eigenvalue weighted by Gasteiger charge is -2.42. The van der Waals surface area contributed by atoms with Gasteiger partial charge < -0.3 is 18.6 Å². The van der Waals surface area contributed by atoms with Gasteiger partial charge in [0.2, 0.25) is 5.88 Å². The number of alkyl halides is 1. The molecule has 0 unspecified atom stereocenters. The summed E-state index contributed by atoms with van der Waals surface area (Å²) >= 11 is 7.25. The Hall–Kier alpha value is -3.54. The lowest BCUT2D eigenvalue weighted by molar-refractivity contribution is 0.0817. The van der Waals surface area contributed by atoms with Crippen molar-refractivity contribution in [3.63, 3.8) is 0 Å². The number of fused-ring (bicyclic) bond motifs is 3. The van der Waals surface area contributed by atoms with Crippen LogP contribution in [0.3, 0.4) is 0 Å². The van der Waals surface area contributed by atoms with Crippen LogP contribution >= 0.6 is 11.6 Å². The van der Waals surface area contributed by atoms with Crippen molar-refractivity contribution in [2.24, 2.45) is 0 Å². The van der Waals surface area contributed by atoms with Crippen molar-refractivity contribution in [3.8, 4) is 23.1 Å². The van der Waals surface area contributed by atoms with Crippen LogP contribution in [0.4, 0.5) is 8.78 Å². The second-order valence-electron chi connectivity index (χ2n) is 19.9. The molecule has 7 rings (SSSR count). The molecular formula is C48H67ClF2N6O4Si2. The van der Waals surface area contributed by atoms with Gasteiger partial charge in [0.25, 0.3) is 0 Å². The molecule has 63 heavy (non-hydrogen) atoms. The Kier molecular flexibility index (Phi) is 15.0. The first-order valence-corrected chi connectivity index (χ1v) is 29.2. The molecule has 0 radical (unpaired) electrons. The van der Waals surface area contributed by atoms with Gasteiger partial charge in [-0.15, -0.1) is 0 Å². The average Bonchev–Trinajstić information content (AvgIpc) is 3.91. The third-order valence-corrected chi connectivity index (χ3v) is 21.6. The third kappa shape index (κ3) is 10.3. The Balaban J connectivity index is 1.26. The quantitative estimate of drug-likeness (QED) is 0.0526. The summed E-state index contributed by atoms with van der Waals surface area (Å²) in [5, 5.41) is 6.25. The van der Waals surface area contributed by atoms with Crippen LogP contribution in [0.1, 0.15) is 84.8 Å². The fraction of sp³-hybridized carbons (Fsp3) is 0.583. The molecule has 2 fully saturated rings. The van der Waals surface area contributed by atoms with Crippen molar-refractivity contribution in [2.75, 3.05) is 32.9 Å². The molecule has 0 amide bonds. The summed E-state index contributed by atoms with van der Waals surface area (Å²) in [7, 11) is -3.35. The van der Waals surface area contributed by atoms with Gasteiger partial charge in [0.15, 0.2) is 14.1 Å². The van der Waals surface area contributed by atoms with Crippen LogP contribution in [0, 0.1) is 5.82 Å². The average molecular weight is 922 g/mol. The summed E-state index contributed by atoms with van der Waals surface area (Å²) in [6.45, 7) is 23.8. The van der Waals surface area contributed by atoms with E-state index in [0.29, 0.717) is 70.6 Å². The molecule has 2 saturated heterocycles. The highest BCUT2D eigenvalue weighted by molar-refractivity contribution is 6.77. The van der Waals surface area contributed by atoms with Gasteiger partial charge in [-0.1, -0.05) is 103 Å². The van der Waals surface area contributed by atoms with Gasteiger partial charge in [-0.2, -0.15) is 15.1 Å². The Bertz CT molecular complexity index is 2320. The second-order valence-corrected chi connectivity index (χ2v) is 31.4. The first-order valence-electron chi connectivity index (χ1n) is 23.0. The SMILES string of the molecule is CC(C)[Si](OCCCCc1c(Cl)cc2c(cnn2COCC[Si](C)(C)C)c1-c1ncc2c(OCc3ccccc3)nc(OC[C@@]34CCCN3C[C@H](F)C4)nc2c1F)(C(C)C)C(C)C. The molecule has 2 aliphatic rings. The number of hydrogen-bond donors (Lipinski definition) is 0. The molecule has 2 aliphatic heterocycles. The van der Waals surface area contributed by atoms with Gasteiger partial charge in [0.05, 0.1) is 22.6 Å². The van der Waals surface area contributed by atoms with Crippen molar-refractivity contribution in [2.45, 2.75) is 147 Å². The molecule has 10 nitrogen and oxygen atoms in total. The van der Waals surface area contributed by atoms with Crippen LogP contribution in [-0.2, 0) is 28.9 Å². The lowest BCUT2D eigenvalue weighted by atomic mass is 9.95. The fourth-order valence-electron chi connectivity index (χ4n) is 10.3. The summed E-state index contributed by atoms with van der Waals surface area (Å²) < 4.78 is 59.8. The summed E-state index contributed by atoms with van der Waals surface area (Å²) in [5.41, 5.74) is 4.10. The Morgan fingerprint density at radius 1 is 0.937 bits per heavy atom. The molecule has 15 heteroatoms. The Morgan fingerprint density at radius 2 is 1.68 bits per heavy atom. The van der Waals surface area contributed by atoms with Gasteiger partial charge in [0, 0.05) is 56.4 Å². The second kappa shape index (κ2) is 19.9. The molecule has 2 atom stereocenters. The number of aromatic nitrogens is 5. The van der Waals surface area contributed by atoms with Crippen LogP contribution in [0.2, 0.25) is 47.3 Å². The number of halogens is 3. The highest BCUT2D eigenvalue weighted by Gasteiger charge is 2.49. The number of benzene rings is 2. The number of nitrogens with zero attached hydrogens (tertiary/aromatic N) is 6. The smallest absolute Gasteiger partial charge is 0.320 e. The summed E-state index contributed by atoms with van der Waals surface area (Å²) in [6, 6.07) is 12.6. The molecular weight excluding hydrogens is 854 g/mol. The minimum absolute atomic E-state index is 0.00975. The van der Waals surface area contributed by atoms with Crippen LogP contribution in [0.5, 0.6) is 11.9 Å². The number of ether oxygens (including phenoxy) is 3. The molecule has 3 aromatic heterocycles.